The van der Waals surface area contributed by atoms with Gasteiger partial charge in [-0.3, -0.25) is 4.68 Å². The molecular weight excluding hydrogens is 335 g/mol. The van der Waals surface area contributed by atoms with Crippen molar-refractivity contribution in [2.24, 2.45) is 7.05 Å². The summed E-state index contributed by atoms with van der Waals surface area (Å²) < 4.78 is 21.2. The maximum atomic E-state index is 13.9. The molecule has 1 aromatic heterocycles. The number of rotatable bonds is 2. The number of carbonyl (C=O) groups is 1. The largest absolute Gasteiger partial charge is 0.490 e. The van der Waals surface area contributed by atoms with Crippen molar-refractivity contribution in [1.82, 2.24) is 20.0 Å². The highest BCUT2D eigenvalue weighted by molar-refractivity contribution is 5.75. The Bertz CT molecular complexity index is 799. The van der Waals surface area contributed by atoms with E-state index in [1.54, 1.807) is 6.07 Å². The second-order valence-corrected chi connectivity index (χ2v) is 6.94. The Morgan fingerprint density at radius 1 is 1.27 bits per heavy atom. The predicted octanol–water partition coefficient (Wildman–Crippen LogP) is 2.97. The summed E-state index contributed by atoms with van der Waals surface area (Å²) in [4.78, 5) is 14.5. The van der Waals surface area contributed by atoms with Gasteiger partial charge in [0.05, 0.1) is 12.6 Å². The van der Waals surface area contributed by atoms with Crippen LogP contribution in [0.5, 0.6) is 5.75 Å². The normalized spacial score (nSPS) is 20.4. The fourth-order valence-corrected chi connectivity index (χ4v) is 3.94. The molecule has 0 bridgehead atoms. The molecule has 1 fully saturated rings. The van der Waals surface area contributed by atoms with Gasteiger partial charge in [0.2, 0.25) is 0 Å². The van der Waals surface area contributed by atoms with Gasteiger partial charge in [0.15, 0.2) is 11.6 Å². The van der Waals surface area contributed by atoms with Crippen LogP contribution in [0.25, 0.3) is 0 Å². The number of para-hydroxylation sites is 1. The topological polar surface area (TPSA) is 59.4 Å². The number of hydrogen-bond acceptors (Lipinski definition) is 3. The van der Waals surface area contributed by atoms with Crippen molar-refractivity contribution in [3.05, 3.63) is 47.5 Å². The van der Waals surface area contributed by atoms with Crippen molar-refractivity contribution in [3.63, 3.8) is 0 Å². The highest BCUT2D eigenvalue weighted by Crippen LogP contribution is 2.34. The van der Waals surface area contributed by atoms with Crippen LogP contribution in [0.2, 0.25) is 0 Å². The zero-order valence-corrected chi connectivity index (χ0v) is 14.8. The number of aromatic nitrogens is 2. The maximum absolute atomic E-state index is 13.9. The Labute approximate surface area is 151 Å². The van der Waals surface area contributed by atoms with Gasteiger partial charge in [-0.25, -0.2) is 9.18 Å². The van der Waals surface area contributed by atoms with Gasteiger partial charge in [-0.1, -0.05) is 12.1 Å². The molecule has 4 rings (SSSR count). The number of nitrogens with one attached hydrogen (secondary N) is 1. The number of amides is 2. The number of likely N-dealkylation sites (tertiary alicyclic amines) is 1. The van der Waals surface area contributed by atoms with Crippen LogP contribution in [-0.2, 0) is 7.05 Å². The minimum absolute atomic E-state index is 0.0874. The summed E-state index contributed by atoms with van der Waals surface area (Å²) in [6, 6.07) is 6.60. The number of nitrogens with zero attached hydrogens (tertiary/aromatic N) is 3. The van der Waals surface area contributed by atoms with E-state index in [4.69, 9.17) is 4.74 Å². The lowest BCUT2D eigenvalue weighted by molar-refractivity contribution is 0.170. The van der Waals surface area contributed by atoms with Gasteiger partial charge in [0.25, 0.3) is 0 Å². The molecule has 1 atom stereocenters. The average molecular weight is 358 g/mol. The van der Waals surface area contributed by atoms with E-state index in [0.717, 1.165) is 18.4 Å². The molecule has 138 valence electrons. The number of aryl methyl sites for hydroxylation is 1. The van der Waals surface area contributed by atoms with Crippen LogP contribution in [0.15, 0.2) is 30.5 Å². The number of fused-ring (bicyclic) bond motifs is 1. The molecule has 3 heterocycles. The van der Waals surface area contributed by atoms with Crippen molar-refractivity contribution in [2.45, 2.75) is 31.2 Å². The van der Waals surface area contributed by atoms with Crippen molar-refractivity contribution in [3.8, 4) is 5.75 Å². The minimum Gasteiger partial charge on any atom is -0.490 e. The van der Waals surface area contributed by atoms with Crippen LogP contribution in [0.1, 0.15) is 42.5 Å². The standard InChI is InChI=1S/C19H23FN4O2/c1-23-17(5-9-21-23)13-6-10-24(11-7-13)19(25)22-16-8-12-26-18-14(16)3-2-4-15(18)20/h2-5,9,13,16H,6-8,10-12H2,1H3,(H,22,25)/t16-/m0/s1. The van der Waals surface area contributed by atoms with Gasteiger partial charge >= 0.3 is 6.03 Å². The highest BCUT2D eigenvalue weighted by atomic mass is 19.1. The molecule has 0 unspecified atom stereocenters. The molecule has 1 N–H and O–H groups in total. The van der Waals surface area contributed by atoms with E-state index >= 15 is 0 Å². The second kappa shape index (κ2) is 6.97. The molecule has 2 aromatic rings. The molecule has 7 heteroatoms. The third-order valence-corrected chi connectivity index (χ3v) is 5.38. The van der Waals surface area contributed by atoms with Crippen molar-refractivity contribution < 1.29 is 13.9 Å². The van der Waals surface area contributed by atoms with Crippen LogP contribution < -0.4 is 10.1 Å². The number of hydrogen-bond donors (Lipinski definition) is 1. The second-order valence-electron chi connectivity index (χ2n) is 6.94. The number of urea groups is 1. The molecule has 0 saturated carbocycles. The monoisotopic (exact) mass is 358 g/mol. The van der Waals surface area contributed by atoms with Gasteiger partial charge in [-0.2, -0.15) is 5.10 Å². The Kier molecular flexibility index (Phi) is 4.53. The third kappa shape index (κ3) is 3.13. The fourth-order valence-electron chi connectivity index (χ4n) is 3.94. The summed E-state index contributed by atoms with van der Waals surface area (Å²) in [6.45, 7) is 1.82. The molecule has 1 aromatic carbocycles. The zero-order valence-electron chi connectivity index (χ0n) is 14.8. The predicted molar refractivity (Wildman–Crippen MR) is 94.5 cm³/mol. The summed E-state index contributed by atoms with van der Waals surface area (Å²) in [6.07, 6.45) is 4.31. The average Bonchev–Trinajstić information content (AvgIpc) is 3.09. The van der Waals surface area contributed by atoms with Crippen LogP contribution in [0.4, 0.5) is 9.18 Å². The number of carbonyl (C=O) groups excluding carboxylic acids is 1. The molecule has 1 saturated heterocycles. The lowest BCUT2D eigenvalue weighted by Gasteiger charge is -2.34. The van der Waals surface area contributed by atoms with Gasteiger partial charge < -0.3 is 15.0 Å². The molecule has 2 aliphatic heterocycles. The van der Waals surface area contributed by atoms with Gasteiger partial charge in [-0.05, 0) is 25.0 Å². The quantitative estimate of drug-likeness (QED) is 0.898. The fraction of sp³-hybridized carbons (Fsp3) is 0.474. The van der Waals surface area contributed by atoms with Gasteiger partial charge in [-0.15, -0.1) is 0 Å². The molecule has 0 aliphatic carbocycles. The number of halogens is 1. The number of ether oxygens (including phenoxy) is 1. The Hall–Kier alpha value is -2.57. The minimum atomic E-state index is -0.376. The Balaban J connectivity index is 1.38. The lowest BCUT2D eigenvalue weighted by Crippen LogP contribution is -2.46. The van der Waals surface area contributed by atoms with Crippen molar-refractivity contribution in [2.75, 3.05) is 19.7 Å². The Morgan fingerprint density at radius 3 is 2.81 bits per heavy atom. The summed E-state index contributed by atoms with van der Waals surface area (Å²) in [5.74, 6) is 0.321. The number of piperidine rings is 1. The summed E-state index contributed by atoms with van der Waals surface area (Å²) in [5.41, 5.74) is 1.94. The molecule has 6 nitrogen and oxygen atoms in total. The van der Waals surface area contributed by atoms with E-state index in [9.17, 15) is 9.18 Å². The van der Waals surface area contributed by atoms with Crippen LogP contribution in [0, 0.1) is 5.82 Å². The van der Waals surface area contributed by atoms with Crippen molar-refractivity contribution in [1.29, 1.82) is 0 Å². The van der Waals surface area contributed by atoms with E-state index in [-0.39, 0.29) is 23.6 Å². The highest BCUT2D eigenvalue weighted by Gasteiger charge is 2.29. The zero-order chi connectivity index (χ0) is 18.1. The van der Waals surface area contributed by atoms with Crippen LogP contribution in [-0.4, -0.2) is 40.4 Å². The van der Waals surface area contributed by atoms with E-state index in [2.05, 4.69) is 10.4 Å². The lowest BCUT2D eigenvalue weighted by atomic mass is 9.93. The summed E-state index contributed by atoms with van der Waals surface area (Å²) in [5, 5.41) is 7.29. The SMILES string of the molecule is Cn1nccc1C1CCN(C(=O)N[C@H]2CCOc3c(F)cccc32)CC1. The summed E-state index contributed by atoms with van der Waals surface area (Å²) >= 11 is 0. The molecule has 0 spiro atoms. The molecule has 2 amide bonds. The maximum Gasteiger partial charge on any atom is 0.317 e. The molecule has 26 heavy (non-hydrogen) atoms. The first-order valence-electron chi connectivity index (χ1n) is 9.08. The van der Waals surface area contributed by atoms with E-state index < -0.39 is 0 Å². The van der Waals surface area contributed by atoms with Crippen LogP contribution in [0.3, 0.4) is 0 Å². The van der Waals surface area contributed by atoms with E-state index in [1.807, 2.05) is 35.0 Å². The first-order valence-corrected chi connectivity index (χ1v) is 9.08. The molecular formula is C19H23FN4O2. The van der Waals surface area contributed by atoms with Crippen molar-refractivity contribution >= 4 is 6.03 Å². The first kappa shape index (κ1) is 16.9. The van der Waals surface area contributed by atoms with Gasteiger partial charge in [0.1, 0.15) is 0 Å². The first-order chi connectivity index (χ1) is 12.6. The Morgan fingerprint density at radius 2 is 2.08 bits per heavy atom. The van der Waals surface area contributed by atoms with Gasteiger partial charge in [0, 0.05) is 49.9 Å². The number of benzene rings is 1. The smallest absolute Gasteiger partial charge is 0.317 e. The van der Waals surface area contributed by atoms with E-state index in [0.29, 0.717) is 32.0 Å². The molecule has 2 aliphatic rings. The third-order valence-electron chi connectivity index (χ3n) is 5.38. The molecule has 0 radical (unpaired) electrons. The van der Waals surface area contributed by atoms with E-state index in [1.165, 1.54) is 11.8 Å². The summed E-state index contributed by atoms with van der Waals surface area (Å²) in [7, 11) is 1.95. The van der Waals surface area contributed by atoms with Crippen LogP contribution >= 0.6 is 0 Å².